The average Bonchev–Trinajstić information content (AvgIpc) is 2.93. The number of hydrogen-bond donors (Lipinski definition) is 2. The van der Waals surface area contributed by atoms with Gasteiger partial charge in [-0.2, -0.15) is 0 Å². The molecule has 0 aliphatic carbocycles. The zero-order valence-electron chi connectivity index (χ0n) is 23.1. The molecule has 0 unspecified atom stereocenters. The van der Waals surface area contributed by atoms with Crippen molar-refractivity contribution < 1.29 is 57.5 Å². The summed E-state index contributed by atoms with van der Waals surface area (Å²) < 4.78 is 33.6. The SMILES string of the molecule is COc1ccc(OC)c([C@@H]2O[C@H](COC(C)=O)[C@H](NC(=O)c3ccccc3C(=O)O)[C@H](OC(C)=O)[C@H]2OC(C)=O)c1. The minimum Gasteiger partial charge on any atom is -0.497 e. The fraction of sp³-hybridized carbons (Fsp3) is 0.393. The fourth-order valence-corrected chi connectivity index (χ4v) is 4.52. The van der Waals surface area contributed by atoms with Gasteiger partial charge in [0.25, 0.3) is 5.91 Å². The Bertz CT molecular complexity index is 1310. The number of esters is 3. The Hall–Kier alpha value is -4.65. The molecular weight excluding hydrogens is 542 g/mol. The van der Waals surface area contributed by atoms with Gasteiger partial charge in [-0.15, -0.1) is 0 Å². The molecule has 2 aromatic rings. The number of carboxylic acids is 1. The number of carboxylic acid groups (broad SMARTS) is 1. The first-order valence-electron chi connectivity index (χ1n) is 12.4. The summed E-state index contributed by atoms with van der Waals surface area (Å²) in [5.41, 5.74) is -0.115. The van der Waals surface area contributed by atoms with Crippen LogP contribution >= 0.6 is 0 Å². The maximum Gasteiger partial charge on any atom is 0.336 e. The highest BCUT2D eigenvalue weighted by atomic mass is 16.6. The minimum absolute atomic E-state index is 0.187. The summed E-state index contributed by atoms with van der Waals surface area (Å²) in [6.07, 6.45) is -5.05. The summed E-state index contributed by atoms with van der Waals surface area (Å²) in [4.78, 5) is 61.5. The zero-order valence-corrected chi connectivity index (χ0v) is 23.1. The van der Waals surface area contributed by atoms with E-state index in [-0.39, 0.29) is 11.1 Å². The molecule has 1 heterocycles. The lowest BCUT2D eigenvalue weighted by Gasteiger charge is -2.45. The van der Waals surface area contributed by atoms with Gasteiger partial charge in [0.1, 0.15) is 30.3 Å². The first kappa shape index (κ1) is 30.9. The Balaban J connectivity index is 2.16. The lowest BCUT2D eigenvalue weighted by Crippen LogP contribution is -2.64. The maximum atomic E-state index is 13.4. The molecule has 3 rings (SSSR count). The second-order valence-corrected chi connectivity index (χ2v) is 9.00. The van der Waals surface area contributed by atoms with Crippen LogP contribution in [0.2, 0.25) is 0 Å². The molecule has 1 fully saturated rings. The number of rotatable bonds is 10. The smallest absolute Gasteiger partial charge is 0.336 e. The van der Waals surface area contributed by atoms with E-state index in [2.05, 4.69) is 5.32 Å². The summed E-state index contributed by atoms with van der Waals surface area (Å²) in [6.45, 7) is 3.04. The van der Waals surface area contributed by atoms with Gasteiger partial charge in [-0.1, -0.05) is 12.1 Å². The highest BCUT2D eigenvalue weighted by Gasteiger charge is 2.52. The van der Waals surface area contributed by atoms with E-state index in [0.29, 0.717) is 17.1 Å². The van der Waals surface area contributed by atoms with Crippen molar-refractivity contribution in [3.8, 4) is 11.5 Å². The minimum atomic E-state index is -1.38. The normalized spacial score (nSPS) is 21.6. The largest absolute Gasteiger partial charge is 0.497 e. The molecule has 41 heavy (non-hydrogen) atoms. The first-order chi connectivity index (χ1) is 19.5. The Labute approximate surface area is 235 Å². The molecule has 1 aliphatic rings. The van der Waals surface area contributed by atoms with Gasteiger partial charge in [-0.25, -0.2) is 4.79 Å². The molecule has 220 valence electrons. The zero-order chi connectivity index (χ0) is 30.3. The Kier molecular flexibility index (Phi) is 10.3. The number of aromatic carboxylic acids is 1. The first-order valence-corrected chi connectivity index (χ1v) is 12.4. The third-order valence-electron chi connectivity index (χ3n) is 6.20. The lowest BCUT2D eigenvalue weighted by molar-refractivity contribution is -0.223. The van der Waals surface area contributed by atoms with Crippen LogP contribution in [-0.4, -0.2) is 80.1 Å². The predicted molar refractivity (Wildman–Crippen MR) is 140 cm³/mol. The van der Waals surface area contributed by atoms with Gasteiger partial charge >= 0.3 is 23.9 Å². The van der Waals surface area contributed by atoms with Gasteiger partial charge in [0.15, 0.2) is 12.2 Å². The van der Waals surface area contributed by atoms with Crippen LogP contribution in [0.5, 0.6) is 11.5 Å². The molecular formula is C28H31NO12. The maximum absolute atomic E-state index is 13.4. The van der Waals surface area contributed by atoms with Crippen molar-refractivity contribution in [3.63, 3.8) is 0 Å². The molecule has 0 spiro atoms. The molecule has 2 aromatic carbocycles. The molecule has 1 amide bonds. The van der Waals surface area contributed by atoms with Crippen molar-refractivity contribution in [2.24, 2.45) is 0 Å². The summed E-state index contributed by atoms with van der Waals surface area (Å²) in [6, 6.07) is 9.03. The fourth-order valence-electron chi connectivity index (χ4n) is 4.52. The molecule has 13 heteroatoms. The third kappa shape index (κ3) is 7.51. The molecule has 0 bridgehead atoms. The molecule has 0 radical (unpaired) electrons. The molecule has 1 saturated heterocycles. The second kappa shape index (κ2) is 13.6. The van der Waals surface area contributed by atoms with Gasteiger partial charge in [0.05, 0.1) is 31.4 Å². The number of benzene rings is 2. The van der Waals surface area contributed by atoms with E-state index in [1.165, 1.54) is 45.4 Å². The van der Waals surface area contributed by atoms with Crippen LogP contribution < -0.4 is 14.8 Å². The molecule has 2 N–H and O–H groups in total. The quantitative estimate of drug-likeness (QED) is 0.313. The number of carbonyl (C=O) groups is 5. The molecule has 5 atom stereocenters. The number of carbonyl (C=O) groups excluding carboxylic acids is 4. The summed E-state index contributed by atoms with van der Waals surface area (Å²) in [5, 5.41) is 12.2. The van der Waals surface area contributed by atoms with Crippen molar-refractivity contribution in [2.45, 2.75) is 51.2 Å². The average molecular weight is 574 g/mol. The Morgan fingerprint density at radius 1 is 0.854 bits per heavy atom. The van der Waals surface area contributed by atoms with Crippen LogP contribution in [0.25, 0.3) is 0 Å². The summed E-state index contributed by atoms with van der Waals surface area (Å²) in [5.74, 6) is -3.64. The lowest BCUT2D eigenvalue weighted by atomic mass is 9.88. The van der Waals surface area contributed by atoms with E-state index >= 15 is 0 Å². The van der Waals surface area contributed by atoms with Crippen LogP contribution in [0.3, 0.4) is 0 Å². The van der Waals surface area contributed by atoms with E-state index in [1.807, 2.05) is 0 Å². The van der Waals surface area contributed by atoms with Gasteiger partial charge < -0.3 is 38.8 Å². The predicted octanol–water partition coefficient (Wildman–Crippen LogP) is 2.07. The van der Waals surface area contributed by atoms with Gasteiger partial charge in [-0.3, -0.25) is 19.2 Å². The second-order valence-electron chi connectivity index (χ2n) is 9.00. The van der Waals surface area contributed by atoms with Crippen molar-refractivity contribution in [1.29, 1.82) is 0 Å². The topological polar surface area (TPSA) is 173 Å². The standard InChI is InChI=1S/C28H31NO12/c1-14(30)38-13-22-23(29-27(33)18-8-6-7-9-19(18)28(34)35)25(39-15(2)31)26(40-16(3)32)24(41-22)20-12-17(36-4)10-11-21(20)37-5/h6-12,22-26H,13H2,1-5H3,(H,29,33)(H,34,35)/t22-,23+,24+,25+,26+/m1/s1. The Morgan fingerprint density at radius 2 is 1.49 bits per heavy atom. The van der Waals surface area contributed by atoms with E-state index in [9.17, 15) is 29.1 Å². The van der Waals surface area contributed by atoms with Crippen molar-refractivity contribution >= 4 is 29.8 Å². The van der Waals surface area contributed by atoms with Crippen molar-refractivity contribution in [1.82, 2.24) is 5.32 Å². The summed E-state index contributed by atoms with van der Waals surface area (Å²) in [7, 11) is 2.86. The highest BCUT2D eigenvalue weighted by Crippen LogP contribution is 2.41. The van der Waals surface area contributed by atoms with E-state index < -0.39 is 66.8 Å². The number of methoxy groups -OCH3 is 2. The molecule has 0 aromatic heterocycles. The number of nitrogens with one attached hydrogen (secondary N) is 1. The van der Waals surface area contributed by atoms with Crippen molar-refractivity contribution in [2.75, 3.05) is 20.8 Å². The van der Waals surface area contributed by atoms with Crippen LogP contribution in [0.4, 0.5) is 0 Å². The van der Waals surface area contributed by atoms with Crippen LogP contribution in [0.1, 0.15) is 53.2 Å². The monoisotopic (exact) mass is 573 g/mol. The van der Waals surface area contributed by atoms with Crippen molar-refractivity contribution in [3.05, 3.63) is 59.2 Å². The van der Waals surface area contributed by atoms with Crippen LogP contribution in [0.15, 0.2) is 42.5 Å². The van der Waals surface area contributed by atoms with Crippen LogP contribution in [0, 0.1) is 0 Å². The van der Waals surface area contributed by atoms with Crippen LogP contribution in [-0.2, 0) is 33.3 Å². The third-order valence-corrected chi connectivity index (χ3v) is 6.20. The van der Waals surface area contributed by atoms with Gasteiger partial charge in [0.2, 0.25) is 0 Å². The van der Waals surface area contributed by atoms with E-state index in [1.54, 1.807) is 18.2 Å². The number of ether oxygens (including phenoxy) is 6. The highest BCUT2D eigenvalue weighted by molar-refractivity contribution is 6.04. The van der Waals surface area contributed by atoms with E-state index in [4.69, 9.17) is 28.4 Å². The number of hydrogen-bond acceptors (Lipinski definition) is 11. The van der Waals surface area contributed by atoms with Gasteiger partial charge in [-0.05, 0) is 30.3 Å². The molecule has 1 aliphatic heterocycles. The van der Waals surface area contributed by atoms with Gasteiger partial charge in [0, 0.05) is 26.3 Å². The number of amides is 1. The summed E-state index contributed by atoms with van der Waals surface area (Å²) >= 11 is 0. The molecule has 0 saturated carbocycles. The Morgan fingerprint density at radius 3 is 2.05 bits per heavy atom. The van der Waals surface area contributed by atoms with E-state index in [0.717, 1.165) is 13.8 Å². The molecule has 13 nitrogen and oxygen atoms in total.